The van der Waals surface area contributed by atoms with E-state index < -0.39 is 0 Å². The van der Waals surface area contributed by atoms with Gasteiger partial charge in [-0.05, 0) is 24.5 Å². The van der Waals surface area contributed by atoms with Crippen LogP contribution in [0.3, 0.4) is 0 Å². The van der Waals surface area contributed by atoms with E-state index in [2.05, 4.69) is 31.1 Å². The highest BCUT2D eigenvalue weighted by Gasteiger charge is 2.10. The zero-order valence-electron chi connectivity index (χ0n) is 11.8. The first kappa shape index (κ1) is 13.7. The molecule has 1 N–H and O–H groups in total. The van der Waals surface area contributed by atoms with Gasteiger partial charge >= 0.3 is 0 Å². The molecule has 2 rings (SSSR count). The van der Waals surface area contributed by atoms with Crippen LogP contribution < -0.4 is 10.9 Å². The van der Waals surface area contributed by atoms with Crippen LogP contribution in [0.25, 0.3) is 5.65 Å². The molecule has 0 saturated heterocycles. The first-order valence-electron chi connectivity index (χ1n) is 6.82. The molecule has 0 spiro atoms. The summed E-state index contributed by atoms with van der Waals surface area (Å²) in [6.07, 6.45) is 2.81. The van der Waals surface area contributed by atoms with Gasteiger partial charge in [0.25, 0.3) is 5.56 Å². The van der Waals surface area contributed by atoms with E-state index in [1.54, 1.807) is 16.7 Å². The Bertz CT molecular complexity index is 604. The van der Waals surface area contributed by atoms with Gasteiger partial charge in [-0.15, -0.1) is 0 Å². The monoisotopic (exact) mass is 259 g/mol. The Kier molecular flexibility index (Phi) is 4.32. The Morgan fingerprint density at radius 3 is 2.84 bits per heavy atom. The average molecular weight is 259 g/mol. The smallest absolute Gasteiger partial charge is 0.258 e. The molecule has 1 unspecified atom stereocenters. The topological polar surface area (TPSA) is 46.4 Å². The van der Waals surface area contributed by atoms with Crippen molar-refractivity contribution in [3.8, 4) is 0 Å². The molecule has 4 nitrogen and oxygen atoms in total. The summed E-state index contributed by atoms with van der Waals surface area (Å²) in [5, 5.41) is 3.47. The Balaban J connectivity index is 2.20. The molecule has 0 bridgehead atoms. The molecular formula is C15H21N3O. The molecule has 0 amide bonds. The van der Waals surface area contributed by atoms with Crippen LogP contribution in [0.5, 0.6) is 0 Å². The summed E-state index contributed by atoms with van der Waals surface area (Å²) in [5.74, 6) is 0.576. The quantitative estimate of drug-likeness (QED) is 0.895. The molecule has 0 saturated carbocycles. The normalized spacial score (nSPS) is 13.1. The van der Waals surface area contributed by atoms with Crippen LogP contribution in [-0.2, 0) is 6.54 Å². The molecule has 0 aromatic carbocycles. The third-order valence-corrected chi connectivity index (χ3v) is 3.41. The minimum atomic E-state index is -0.0278. The highest BCUT2D eigenvalue weighted by atomic mass is 16.1. The molecule has 2 aromatic rings. The number of hydrogen-bond acceptors (Lipinski definition) is 3. The zero-order valence-corrected chi connectivity index (χ0v) is 11.8. The van der Waals surface area contributed by atoms with E-state index >= 15 is 0 Å². The number of pyridine rings is 1. The molecule has 0 radical (unpaired) electrons. The first-order chi connectivity index (χ1) is 9.11. The molecule has 2 aromatic heterocycles. The minimum absolute atomic E-state index is 0.0278. The molecule has 102 valence electrons. The molecule has 19 heavy (non-hydrogen) atoms. The van der Waals surface area contributed by atoms with Crippen LogP contribution in [0.4, 0.5) is 0 Å². The fourth-order valence-electron chi connectivity index (χ4n) is 2.28. The van der Waals surface area contributed by atoms with Gasteiger partial charge in [-0.1, -0.05) is 26.8 Å². The lowest BCUT2D eigenvalue weighted by Crippen LogP contribution is -2.33. The summed E-state index contributed by atoms with van der Waals surface area (Å²) < 4.78 is 1.56. The van der Waals surface area contributed by atoms with Crippen molar-refractivity contribution in [3.05, 3.63) is 46.5 Å². The predicted molar refractivity (Wildman–Crippen MR) is 77.2 cm³/mol. The van der Waals surface area contributed by atoms with Crippen molar-refractivity contribution in [1.82, 2.24) is 14.7 Å². The summed E-state index contributed by atoms with van der Waals surface area (Å²) in [6, 6.07) is 7.63. The first-order valence-corrected chi connectivity index (χ1v) is 6.82. The Hall–Kier alpha value is -1.68. The number of nitrogens with zero attached hydrogens (tertiary/aromatic N) is 2. The van der Waals surface area contributed by atoms with E-state index in [-0.39, 0.29) is 5.56 Å². The zero-order chi connectivity index (χ0) is 13.8. The molecule has 2 heterocycles. The maximum atomic E-state index is 11.9. The summed E-state index contributed by atoms with van der Waals surface area (Å²) in [6.45, 7) is 7.20. The van der Waals surface area contributed by atoms with Gasteiger partial charge in [0, 0.05) is 24.8 Å². The van der Waals surface area contributed by atoms with Crippen LogP contribution in [0.1, 0.15) is 32.9 Å². The van der Waals surface area contributed by atoms with Gasteiger partial charge in [0.15, 0.2) is 0 Å². The summed E-state index contributed by atoms with van der Waals surface area (Å²) in [4.78, 5) is 16.4. The van der Waals surface area contributed by atoms with E-state index in [9.17, 15) is 4.79 Å². The highest BCUT2D eigenvalue weighted by molar-refractivity contribution is 5.37. The number of nitrogens with one attached hydrogen (secondary N) is 1. The lowest BCUT2D eigenvalue weighted by Gasteiger charge is -2.20. The second-order valence-electron chi connectivity index (χ2n) is 5.15. The summed E-state index contributed by atoms with van der Waals surface area (Å²) in [5.41, 5.74) is 1.47. The third kappa shape index (κ3) is 3.20. The van der Waals surface area contributed by atoms with Crippen molar-refractivity contribution in [3.63, 3.8) is 0 Å². The van der Waals surface area contributed by atoms with Gasteiger partial charge in [0.05, 0.1) is 5.69 Å². The predicted octanol–water partition coefficient (Wildman–Crippen LogP) is 2.22. The van der Waals surface area contributed by atoms with Crippen LogP contribution in [-0.4, -0.2) is 15.4 Å². The van der Waals surface area contributed by atoms with Crippen LogP contribution in [0, 0.1) is 5.92 Å². The number of rotatable bonds is 5. The molecule has 4 heteroatoms. The fourth-order valence-corrected chi connectivity index (χ4v) is 2.28. The van der Waals surface area contributed by atoms with E-state index in [0.29, 0.717) is 24.2 Å². The fraction of sp³-hybridized carbons (Fsp3) is 0.467. The summed E-state index contributed by atoms with van der Waals surface area (Å²) >= 11 is 0. The number of aromatic nitrogens is 2. The van der Waals surface area contributed by atoms with Gasteiger partial charge in [-0.2, -0.15) is 0 Å². The Labute approximate surface area is 113 Å². The van der Waals surface area contributed by atoms with Gasteiger partial charge in [0.1, 0.15) is 5.65 Å². The number of fused-ring (bicyclic) bond motifs is 1. The van der Waals surface area contributed by atoms with Crippen molar-refractivity contribution in [2.24, 2.45) is 5.92 Å². The highest BCUT2D eigenvalue weighted by Crippen LogP contribution is 2.06. The largest absolute Gasteiger partial charge is 0.308 e. The van der Waals surface area contributed by atoms with Crippen molar-refractivity contribution in [2.45, 2.75) is 39.8 Å². The summed E-state index contributed by atoms with van der Waals surface area (Å²) in [7, 11) is 0. The lowest BCUT2D eigenvalue weighted by atomic mass is 10.0. The third-order valence-electron chi connectivity index (χ3n) is 3.41. The average Bonchev–Trinajstić information content (AvgIpc) is 2.39. The van der Waals surface area contributed by atoms with Crippen LogP contribution in [0.2, 0.25) is 0 Å². The SMILES string of the molecule is CCC(NCc1cc(=O)n2ccccc2n1)C(C)C. The van der Waals surface area contributed by atoms with Gasteiger partial charge in [0.2, 0.25) is 0 Å². The molecular weight excluding hydrogens is 238 g/mol. The molecule has 0 aliphatic heterocycles. The van der Waals surface area contributed by atoms with E-state index in [1.165, 1.54) is 0 Å². The Morgan fingerprint density at radius 1 is 1.37 bits per heavy atom. The van der Waals surface area contributed by atoms with Gasteiger partial charge < -0.3 is 5.32 Å². The van der Waals surface area contributed by atoms with Crippen molar-refractivity contribution in [2.75, 3.05) is 0 Å². The van der Waals surface area contributed by atoms with E-state index in [0.717, 1.165) is 12.1 Å². The van der Waals surface area contributed by atoms with Gasteiger partial charge in [-0.3, -0.25) is 9.20 Å². The van der Waals surface area contributed by atoms with Crippen LogP contribution in [0.15, 0.2) is 35.3 Å². The van der Waals surface area contributed by atoms with Crippen molar-refractivity contribution >= 4 is 5.65 Å². The van der Waals surface area contributed by atoms with Gasteiger partial charge in [-0.25, -0.2) is 4.98 Å². The molecule has 0 aliphatic carbocycles. The second kappa shape index (κ2) is 5.97. The number of hydrogen-bond donors (Lipinski definition) is 1. The van der Waals surface area contributed by atoms with Crippen molar-refractivity contribution < 1.29 is 0 Å². The molecule has 1 atom stereocenters. The molecule has 0 aliphatic rings. The van der Waals surface area contributed by atoms with E-state index in [4.69, 9.17) is 0 Å². The standard InChI is InChI=1S/C15H21N3O/c1-4-13(11(2)3)16-10-12-9-15(19)18-8-6-5-7-14(18)17-12/h5-9,11,13,16H,4,10H2,1-3H3. The molecule has 0 fully saturated rings. The van der Waals surface area contributed by atoms with Crippen molar-refractivity contribution in [1.29, 1.82) is 0 Å². The maximum absolute atomic E-state index is 11.9. The second-order valence-corrected chi connectivity index (χ2v) is 5.15. The maximum Gasteiger partial charge on any atom is 0.258 e. The van der Waals surface area contributed by atoms with E-state index in [1.807, 2.05) is 18.2 Å². The Morgan fingerprint density at radius 2 is 2.16 bits per heavy atom. The lowest BCUT2D eigenvalue weighted by molar-refractivity contribution is 0.385. The van der Waals surface area contributed by atoms with Crippen LogP contribution >= 0.6 is 0 Å². The minimum Gasteiger partial charge on any atom is -0.308 e.